The number of H-pyrrole nitrogens is 1. The van der Waals surface area contributed by atoms with Gasteiger partial charge in [0.15, 0.2) is 10.9 Å². The molecule has 0 saturated carbocycles. The van der Waals surface area contributed by atoms with E-state index >= 15 is 0 Å². The number of anilines is 1. The first kappa shape index (κ1) is 23.0. The fourth-order valence-electron chi connectivity index (χ4n) is 4.81. The first-order valence-corrected chi connectivity index (χ1v) is 12.3. The third kappa shape index (κ3) is 4.51. The summed E-state index contributed by atoms with van der Waals surface area (Å²) in [4.78, 5) is 44.6. The quantitative estimate of drug-likeness (QED) is 0.220. The van der Waals surface area contributed by atoms with E-state index in [2.05, 4.69) is 24.1 Å². The number of non-ortho nitro benzene ring substituents is 1. The molecule has 0 bridgehead atoms. The zero-order valence-electron chi connectivity index (χ0n) is 19.3. The second-order valence-electron chi connectivity index (χ2n) is 9.65. The zero-order valence-corrected chi connectivity index (χ0v) is 20.1. The number of nitro benzene ring substituents is 1. The predicted molar refractivity (Wildman–Crippen MR) is 134 cm³/mol. The van der Waals surface area contributed by atoms with Crippen molar-refractivity contribution in [3.8, 4) is 0 Å². The van der Waals surface area contributed by atoms with Gasteiger partial charge in [-0.15, -0.1) is 0 Å². The lowest BCUT2D eigenvalue weighted by Gasteiger charge is -2.38. The van der Waals surface area contributed by atoms with Gasteiger partial charge < -0.3 is 10.3 Å². The second kappa shape index (κ2) is 8.81. The van der Waals surface area contributed by atoms with E-state index in [1.165, 1.54) is 23.9 Å². The van der Waals surface area contributed by atoms with Crippen molar-refractivity contribution in [3.05, 3.63) is 103 Å². The standard InChI is InChI=1S/C26H24N4O4S/c1-26(2)12-18-21(19(31)13-26)20(16-6-4-3-5-7-16)22-23(27-18)28-25(29-24(22)32)35-14-15-8-10-17(11-9-15)30(33)34/h3-11,20H,12-14H2,1-2H3,(H2,27,28,29,32)/t20-/m1/s1. The van der Waals surface area contributed by atoms with Gasteiger partial charge in [-0.25, -0.2) is 4.98 Å². The van der Waals surface area contributed by atoms with Crippen LogP contribution in [0, 0.1) is 15.5 Å². The van der Waals surface area contributed by atoms with E-state index < -0.39 is 10.8 Å². The highest BCUT2D eigenvalue weighted by molar-refractivity contribution is 7.98. The Morgan fingerprint density at radius 1 is 1.09 bits per heavy atom. The molecule has 1 aliphatic heterocycles. The second-order valence-corrected chi connectivity index (χ2v) is 10.6. The number of Topliss-reactive ketones (excluding diaryl/α,β-unsaturated/α-hetero) is 1. The molecule has 0 spiro atoms. The Hall–Kier alpha value is -3.72. The van der Waals surface area contributed by atoms with E-state index in [9.17, 15) is 19.7 Å². The molecule has 3 aromatic rings. The fraction of sp³-hybridized carbons (Fsp3) is 0.269. The SMILES string of the molecule is CC1(C)CC(=O)C2=C(C1)Nc1nc(SCc3ccc([N+](=O)[O-])cc3)[nH]c(=O)c1[C@@H]2c1ccccc1. The molecule has 2 N–H and O–H groups in total. The smallest absolute Gasteiger partial charge is 0.269 e. The Labute approximate surface area is 206 Å². The summed E-state index contributed by atoms with van der Waals surface area (Å²) >= 11 is 1.34. The number of nitro groups is 1. The van der Waals surface area contributed by atoms with Crippen molar-refractivity contribution in [1.82, 2.24) is 9.97 Å². The number of carbonyl (C=O) groups is 1. The summed E-state index contributed by atoms with van der Waals surface area (Å²) in [6, 6.07) is 15.9. The largest absolute Gasteiger partial charge is 0.343 e. The van der Waals surface area contributed by atoms with Gasteiger partial charge in [-0.05, 0) is 23.0 Å². The molecule has 1 atom stereocenters. The zero-order chi connectivity index (χ0) is 24.7. The molecule has 1 aromatic heterocycles. The topological polar surface area (TPSA) is 118 Å². The molecule has 0 fully saturated rings. The molecular weight excluding hydrogens is 464 g/mol. The number of nitrogens with one attached hydrogen (secondary N) is 2. The normalized spacial score (nSPS) is 18.5. The minimum absolute atomic E-state index is 0.0317. The lowest BCUT2D eigenvalue weighted by Crippen LogP contribution is -2.37. The summed E-state index contributed by atoms with van der Waals surface area (Å²) in [6.07, 6.45) is 1.12. The van der Waals surface area contributed by atoms with Crippen molar-refractivity contribution < 1.29 is 9.72 Å². The molecule has 1 aliphatic carbocycles. The van der Waals surface area contributed by atoms with Crippen LogP contribution >= 0.6 is 11.8 Å². The Bertz CT molecular complexity index is 1410. The first-order valence-electron chi connectivity index (χ1n) is 11.3. The number of benzene rings is 2. The van der Waals surface area contributed by atoms with Crippen LogP contribution in [0.5, 0.6) is 0 Å². The van der Waals surface area contributed by atoms with Gasteiger partial charge in [-0.1, -0.05) is 68.1 Å². The van der Waals surface area contributed by atoms with Crippen molar-refractivity contribution in [1.29, 1.82) is 0 Å². The maximum Gasteiger partial charge on any atom is 0.269 e. The highest BCUT2D eigenvalue weighted by atomic mass is 32.2. The van der Waals surface area contributed by atoms with Crippen LogP contribution in [-0.2, 0) is 10.5 Å². The number of fused-ring (bicyclic) bond motifs is 1. The van der Waals surface area contributed by atoms with Crippen molar-refractivity contribution in [2.75, 3.05) is 5.32 Å². The molecule has 0 saturated heterocycles. The number of carbonyl (C=O) groups excluding carboxylic acids is 1. The number of ketones is 1. The Kier molecular flexibility index (Phi) is 5.80. The molecule has 9 heteroatoms. The molecule has 0 amide bonds. The van der Waals surface area contributed by atoms with Crippen molar-refractivity contribution in [2.24, 2.45) is 5.41 Å². The number of aromatic nitrogens is 2. The third-order valence-electron chi connectivity index (χ3n) is 6.36. The van der Waals surface area contributed by atoms with E-state index in [1.807, 2.05) is 30.3 Å². The minimum atomic E-state index is -0.476. The third-order valence-corrected chi connectivity index (χ3v) is 7.30. The summed E-state index contributed by atoms with van der Waals surface area (Å²) in [7, 11) is 0. The molecule has 2 heterocycles. The molecule has 0 unspecified atom stereocenters. The summed E-state index contributed by atoms with van der Waals surface area (Å²) in [6.45, 7) is 4.14. The van der Waals surface area contributed by atoms with Gasteiger partial charge in [-0.2, -0.15) is 0 Å². The van der Waals surface area contributed by atoms with Crippen LogP contribution in [-0.4, -0.2) is 20.7 Å². The highest BCUT2D eigenvalue weighted by Gasteiger charge is 2.42. The molecule has 35 heavy (non-hydrogen) atoms. The lowest BCUT2D eigenvalue weighted by molar-refractivity contribution is -0.384. The van der Waals surface area contributed by atoms with Gasteiger partial charge in [0.25, 0.3) is 11.2 Å². The van der Waals surface area contributed by atoms with Crippen LogP contribution in [0.2, 0.25) is 0 Å². The lowest BCUT2D eigenvalue weighted by atomic mass is 9.69. The number of thioether (sulfide) groups is 1. The average molecular weight is 489 g/mol. The van der Waals surface area contributed by atoms with E-state index in [0.717, 1.165) is 16.8 Å². The number of aromatic amines is 1. The Morgan fingerprint density at radius 3 is 2.49 bits per heavy atom. The van der Waals surface area contributed by atoms with Gasteiger partial charge in [0, 0.05) is 41.5 Å². The number of allylic oxidation sites excluding steroid dienone is 2. The Morgan fingerprint density at radius 2 is 1.80 bits per heavy atom. The predicted octanol–water partition coefficient (Wildman–Crippen LogP) is 5.17. The number of rotatable bonds is 5. The fourth-order valence-corrected chi connectivity index (χ4v) is 5.62. The van der Waals surface area contributed by atoms with Crippen LogP contribution in [0.25, 0.3) is 0 Å². The summed E-state index contributed by atoms with van der Waals surface area (Å²) in [5.74, 6) is 0.537. The molecule has 0 radical (unpaired) electrons. The van der Waals surface area contributed by atoms with Gasteiger partial charge in [0.1, 0.15) is 5.82 Å². The molecule has 5 rings (SSSR count). The van der Waals surface area contributed by atoms with E-state index in [1.54, 1.807) is 12.1 Å². The van der Waals surface area contributed by atoms with Crippen LogP contribution in [0.4, 0.5) is 11.5 Å². The maximum atomic E-state index is 13.4. The van der Waals surface area contributed by atoms with Gasteiger partial charge in [0.2, 0.25) is 0 Å². The van der Waals surface area contributed by atoms with E-state index in [4.69, 9.17) is 4.98 Å². The molecular formula is C26H24N4O4S. The maximum absolute atomic E-state index is 13.4. The number of hydrogen-bond donors (Lipinski definition) is 2. The average Bonchev–Trinajstić information content (AvgIpc) is 2.81. The molecule has 2 aromatic carbocycles. The van der Waals surface area contributed by atoms with Gasteiger partial charge >= 0.3 is 0 Å². The molecule has 178 valence electrons. The van der Waals surface area contributed by atoms with Crippen LogP contribution < -0.4 is 10.9 Å². The molecule has 2 aliphatic rings. The van der Waals surface area contributed by atoms with Crippen molar-refractivity contribution in [3.63, 3.8) is 0 Å². The van der Waals surface area contributed by atoms with Crippen LogP contribution in [0.3, 0.4) is 0 Å². The van der Waals surface area contributed by atoms with Gasteiger partial charge in [-0.3, -0.25) is 19.7 Å². The molecule has 8 nitrogen and oxygen atoms in total. The van der Waals surface area contributed by atoms with E-state index in [0.29, 0.717) is 40.7 Å². The van der Waals surface area contributed by atoms with Gasteiger partial charge in [0.05, 0.1) is 10.5 Å². The Balaban J connectivity index is 1.51. The summed E-state index contributed by atoms with van der Waals surface area (Å²) < 4.78 is 0. The first-order chi connectivity index (χ1) is 16.7. The van der Waals surface area contributed by atoms with Crippen LogP contribution in [0.15, 0.2) is 75.8 Å². The van der Waals surface area contributed by atoms with Crippen LogP contribution in [0.1, 0.15) is 49.3 Å². The highest BCUT2D eigenvalue weighted by Crippen LogP contribution is 2.47. The van der Waals surface area contributed by atoms with Crippen molar-refractivity contribution >= 4 is 29.1 Å². The monoisotopic (exact) mass is 488 g/mol. The van der Waals surface area contributed by atoms with E-state index in [-0.39, 0.29) is 22.4 Å². The summed E-state index contributed by atoms with van der Waals surface area (Å²) in [5.41, 5.74) is 3.25. The number of hydrogen-bond acceptors (Lipinski definition) is 7. The van der Waals surface area contributed by atoms with Crippen molar-refractivity contribution in [2.45, 2.75) is 43.5 Å². The summed E-state index contributed by atoms with van der Waals surface area (Å²) in [5, 5.41) is 14.6. The number of nitrogens with zero attached hydrogens (tertiary/aromatic N) is 2. The minimum Gasteiger partial charge on any atom is -0.343 e.